The summed E-state index contributed by atoms with van der Waals surface area (Å²) < 4.78 is 30.0. The van der Waals surface area contributed by atoms with E-state index in [1.54, 1.807) is 0 Å². The van der Waals surface area contributed by atoms with Crippen molar-refractivity contribution in [3.63, 3.8) is 0 Å². The van der Waals surface area contributed by atoms with Gasteiger partial charge >= 0.3 is 0 Å². The molecule has 10 heteroatoms. The molecule has 0 saturated heterocycles. The van der Waals surface area contributed by atoms with Gasteiger partial charge in [-0.15, -0.1) is 11.6 Å². The predicted octanol–water partition coefficient (Wildman–Crippen LogP) is 4.86. The molecule has 0 unspecified atom stereocenters. The van der Waals surface area contributed by atoms with Crippen LogP contribution in [0.4, 0.5) is 5.69 Å². The Morgan fingerprint density at radius 2 is 1.62 bits per heavy atom. The third kappa shape index (κ3) is 7.81. The first-order chi connectivity index (χ1) is 14.9. The number of sulfonamides is 1. The zero-order chi connectivity index (χ0) is 23.9. The van der Waals surface area contributed by atoms with Gasteiger partial charge in [0, 0.05) is 17.0 Å². The van der Waals surface area contributed by atoms with E-state index in [0.29, 0.717) is 34.7 Å². The Labute approximate surface area is 204 Å². The summed E-state index contributed by atoms with van der Waals surface area (Å²) in [7, 11) is -3.40. The Morgan fingerprint density at radius 3 is 2.16 bits per heavy atom. The van der Waals surface area contributed by atoms with E-state index >= 15 is 0 Å². The van der Waals surface area contributed by atoms with Crippen LogP contribution in [-0.4, -0.2) is 46.0 Å². The molecule has 32 heavy (non-hydrogen) atoms. The molecule has 0 aromatic heterocycles. The van der Waals surface area contributed by atoms with Crippen molar-refractivity contribution in [2.45, 2.75) is 25.7 Å². The van der Waals surface area contributed by atoms with Crippen LogP contribution in [-0.2, 0) is 20.2 Å². The minimum Gasteiger partial charge on any atom is -0.490 e. The summed E-state index contributed by atoms with van der Waals surface area (Å²) in [4.78, 5) is 11.8. The molecule has 2 aromatic rings. The fourth-order valence-electron chi connectivity index (χ4n) is 2.93. The Morgan fingerprint density at radius 1 is 1.03 bits per heavy atom. The molecule has 176 valence electrons. The van der Waals surface area contributed by atoms with Gasteiger partial charge < -0.3 is 10.1 Å². The molecule has 0 amide bonds. The molecule has 0 fully saturated rings. The largest absolute Gasteiger partial charge is 0.490 e. The molecule has 0 spiro atoms. The monoisotopic (exact) mass is 520 g/mol. The summed E-state index contributed by atoms with van der Waals surface area (Å²) in [6, 6.07) is 11.3. The second-order valence-electron chi connectivity index (χ2n) is 7.85. The number of hydrogen-bond acceptors (Lipinski definition) is 5. The van der Waals surface area contributed by atoms with E-state index in [4.69, 9.17) is 39.5 Å². The van der Waals surface area contributed by atoms with Gasteiger partial charge in [0.2, 0.25) is 10.0 Å². The van der Waals surface area contributed by atoms with E-state index in [2.05, 4.69) is 23.9 Å². The van der Waals surface area contributed by atoms with E-state index < -0.39 is 15.4 Å². The van der Waals surface area contributed by atoms with Crippen molar-refractivity contribution in [1.29, 1.82) is 0 Å². The van der Waals surface area contributed by atoms with Gasteiger partial charge in [0.1, 0.15) is 0 Å². The average molecular weight is 522 g/mol. The number of benzene rings is 2. The highest BCUT2D eigenvalue weighted by Gasteiger charge is 2.25. The quantitative estimate of drug-likeness (QED) is 0.308. The van der Waals surface area contributed by atoms with Crippen molar-refractivity contribution in [1.82, 2.24) is 4.72 Å². The number of nitrogens with one attached hydrogen (secondary N) is 2. The average Bonchev–Trinajstić information content (AvgIpc) is 2.72. The molecule has 0 aliphatic carbocycles. The van der Waals surface area contributed by atoms with Crippen LogP contribution in [0.2, 0.25) is 10.0 Å². The summed E-state index contributed by atoms with van der Waals surface area (Å²) in [6.45, 7) is 4.33. The van der Waals surface area contributed by atoms with Crippen LogP contribution in [0.25, 0.3) is 0 Å². The van der Waals surface area contributed by atoms with Crippen LogP contribution in [0, 0.1) is 0 Å². The lowest BCUT2D eigenvalue weighted by molar-refractivity contribution is -0.116. The second-order valence-corrected chi connectivity index (χ2v) is 10.9. The predicted molar refractivity (Wildman–Crippen MR) is 132 cm³/mol. The minimum absolute atomic E-state index is 0.0155. The Kier molecular flexibility index (Phi) is 9.67. The van der Waals surface area contributed by atoms with Gasteiger partial charge in [0.25, 0.3) is 0 Å². The Balaban J connectivity index is 2.08. The molecule has 0 aliphatic heterocycles. The number of Topliss-reactive ketones (excluding diaryl/α,β-unsaturated/α-hetero) is 1. The van der Waals surface area contributed by atoms with Gasteiger partial charge in [0.05, 0.1) is 36.0 Å². The number of alkyl halides is 1. The molecule has 6 nitrogen and oxygen atoms in total. The van der Waals surface area contributed by atoms with E-state index in [1.165, 1.54) is 0 Å². The summed E-state index contributed by atoms with van der Waals surface area (Å²) in [5, 5.41) is 3.88. The maximum absolute atomic E-state index is 11.8. The molecule has 0 radical (unpaired) electrons. The van der Waals surface area contributed by atoms with Crippen molar-refractivity contribution < 1.29 is 17.9 Å². The van der Waals surface area contributed by atoms with Gasteiger partial charge in [-0.1, -0.05) is 49.2 Å². The van der Waals surface area contributed by atoms with Gasteiger partial charge in [-0.2, -0.15) is 0 Å². The zero-order valence-corrected chi connectivity index (χ0v) is 21.3. The number of carbonyl (C=O) groups excluding carboxylic acids is 1. The number of carbonyl (C=O) groups is 1. The normalized spacial score (nSPS) is 11.9. The lowest BCUT2D eigenvalue weighted by atomic mass is 9.78. The van der Waals surface area contributed by atoms with E-state index in [1.807, 2.05) is 36.4 Å². The topological polar surface area (TPSA) is 84.5 Å². The third-order valence-corrected chi connectivity index (χ3v) is 6.37. The zero-order valence-electron chi connectivity index (χ0n) is 18.2. The lowest BCUT2D eigenvalue weighted by Gasteiger charge is -2.27. The fourth-order valence-corrected chi connectivity index (χ4v) is 4.06. The number of ether oxygens (including phenoxy) is 1. The molecule has 0 heterocycles. The Bertz CT molecular complexity index is 1020. The summed E-state index contributed by atoms with van der Waals surface area (Å²) in [5.74, 6) is 0.682. The standard InChI is InChI=1S/C22H27Cl3N2O4S/c1-22(2,16-11-19(24)21(20(25)12-16)31-10-4-9-23)15-5-7-17(8-6-15)26-13-18(28)14-27-32(3,29)30/h5-8,11-12,26-27H,4,9-10,13-14H2,1-3H3. The Hall–Kier alpha value is -1.51. The molecule has 2 aromatic carbocycles. The van der Waals surface area contributed by atoms with E-state index in [-0.39, 0.29) is 18.9 Å². The smallest absolute Gasteiger partial charge is 0.209 e. The SMILES string of the molecule is CC(C)(c1ccc(NCC(=O)CNS(C)(=O)=O)cc1)c1cc(Cl)c(OCCCCl)c(Cl)c1. The summed E-state index contributed by atoms with van der Waals surface area (Å²) in [6.07, 6.45) is 1.71. The minimum atomic E-state index is -3.40. The summed E-state index contributed by atoms with van der Waals surface area (Å²) in [5.41, 5.74) is 2.31. The van der Waals surface area contributed by atoms with Crippen molar-refractivity contribution in [3.05, 3.63) is 57.6 Å². The van der Waals surface area contributed by atoms with Crippen molar-refractivity contribution in [2.75, 3.05) is 37.1 Å². The first-order valence-electron chi connectivity index (χ1n) is 9.93. The van der Waals surface area contributed by atoms with Gasteiger partial charge in [0.15, 0.2) is 11.5 Å². The molecule has 0 aliphatic rings. The summed E-state index contributed by atoms with van der Waals surface area (Å²) >= 11 is 18.5. The number of anilines is 1. The van der Waals surface area contributed by atoms with Gasteiger partial charge in [-0.3, -0.25) is 4.79 Å². The second kappa shape index (κ2) is 11.6. The van der Waals surface area contributed by atoms with Crippen LogP contribution < -0.4 is 14.8 Å². The highest BCUT2D eigenvalue weighted by atomic mass is 35.5. The van der Waals surface area contributed by atoms with Crippen LogP contribution in [0.15, 0.2) is 36.4 Å². The van der Waals surface area contributed by atoms with Gasteiger partial charge in [-0.25, -0.2) is 13.1 Å². The maximum atomic E-state index is 11.8. The van der Waals surface area contributed by atoms with E-state index in [9.17, 15) is 13.2 Å². The number of rotatable bonds is 12. The van der Waals surface area contributed by atoms with Crippen molar-refractivity contribution in [2.24, 2.45) is 0 Å². The molecular weight excluding hydrogens is 495 g/mol. The van der Waals surface area contributed by atoms with Gasteiger partial charge in [-0.05, 0) is 41.8 Å². The molecule has 0 bridgehead atoms. The van der Waals surface area contributed by atoms with Crippen molar-refractivity contribution in [3.8, 4) is 5.75 Å². The number of hydrogen-bond donors (Lipinski definition) is 2. The maximum Gasteiger partial charge on any atom is 0.209 e. The molecule has 0 atom stereocenters. The molecular formula is C22H27Cl3N2O4S. The highest BCUT2D eigenvalue weighted by Crippen LogP contribution is 2.40. The van der Waals surface area contributed by atoms with E-state index in [0.717, 1.165) is 23.1 Å². The van der Waals surface area contributed by atoms with Crippen molar-refractivity contribution >= 4 is 56.3 Å². The first-order valence-corrected chi connectivity index (χ1v) is 13.1. The van der Waals surface area contributed by atoms with Crippen LogP contribution in [0.1, 0.15) is 31.4 Å². The molecule has 0 saturated carbocycles. The number of ketones is 1. The van der Waals surface area contributed by atoms with Crippen LogP contribution >= 0.6 is 34.8 Å². The lowest BCUT2D eigenvalue weighted by Crippen LogP contribution is -2.31. The first kappa shape index (κ1) is 26.7. The number of halogens is 3. The fraction of sp³-hybridized carbons (Fsp3) is 0.409. The molecule has 2 rings (SSSR count). The van der Waals surface area contributed by atoms with Crippen LogP contribution in [0.5, 0.6) is 5.75 Å². The highest BCUT2D eigenvalue weighted by molar-refractivity contribution is 7.88. The van der Waals surface area contributed by atoms with Crippen LogP contribution in [0.3, 0.4) is 0 Å². The third-order valence-electron chi connectivity index (χ3n) is 4.87. The molecule has 2 N–H and O–H groups in total.